The first-order chi connectivity index (χ1) is 5.79. The number of hydrogen-bond acceptors (Lipinski definition) is 2. The van der Waals surface area contributed by atoms with Crippen molar-refractivity contribution in [2.75, 3.05) is 19.6 Å². The predicted octanol–water partition coefficient (Wildman–Crippen LogP) is 2.05. The number of likely N-dealkylation sites (N-methyl/N-ethyl adjacent to an activating group) is 1. The molecule has 12 heavy (non-hydrogen) atoms. The van der Waals surface area contributed by atoms with Crippen LogP contribution in [0.15, 0.2) is 22.5 Å². The van der Waals surface area contributed by atoms with E-state index in [4.69, 9.17) is 0 Å². The molecule has 1 heterocycles. The Labute approximate surface area is 82.5 Å². The molecule has 0 radical (unpaired) electrons. The number of allylic oxidation sites excluding steroid dienone is 1. The Morgan fingerprint density at radius 1 is 1.50 bits per heavy atom. The molecule has 3 heteroatoms. The largest absolute Gasteiger partial charge is 0.386 e. The van der Waals surface area contributed by atoms with E-state index < -0.39 is 0 Å². The van der Waals surface area contributed by atoms with E-state index in [1.54, 1.807) is 0 Å². The summed E-state index contributed by atoms with van der Waals surface area (Å²) in [5, 5.41) is 3.16. The van der Waals surface area contributed by atoms with Crippen molar-refractivity contribution in [2.45, 2.75) is 13.8 Å². The van der Waals surface area contributed by atoms with Gasteiger partial charge in [0, 0.05) is 24.1 Å². The monoisotopic (exact) mass is 230 g/mol. The molecule has 0 saturated heterocycles. The Balaban J connectivity index is 2.76. The number of dihydropyridines is 1. The molecular formula is C9H15BrN2. The van der Waals surface area contributed by atoms with Crippen LogP contribution < -0.4 is 5.32 Å². The first kappa shape index (κ1) is 9.65. The summed E-state index contributed by atoms with van der Waals surface area (Å²) in [6.07, 6.45) is 4.11. The average Bonchev–Trinajstić information content (AvgIpc) is 2.10. The molecule has 1 aliphatic rings. The fraction of sp³-hybridized carbons (Fsp3) is 0.556. The highest BCUT2D eigenvalue weighted by atomic mass is 79.9. The summed E-state index contributed by atoms with van der Waals surface area (Å²) in [5.74, 6) is 0. The third-order valence-corrected chi connectivity index (χ3v) is 2.68. The maximum absolute atomic E-state index is 3.56. The third-order valence-electron chi connectivity index (χ3n) is 2.00. The van der Waals surface area contributed by atoms with Gasteiger partial charge in [-0.25, -0.2) is 0 Å². The molecular weight excluding hydrogens is 216 g/mol. The zero-order chi connectivity index (χ0) is 8.97. The molecule has 0 aliphatic carbocycles. The van der Waals surface area contributed by atoms with Crippen LogP contribution in [0.2, 0.25) is 0 Å². The molecule has 1 rings (SSSR count). The summed E-state index contributed by atoms with van der Waals surface area (Å²) in [6.45, 7) is 7.37. The molecule has 0 aromatic rings. The highest BCUT2D eigenvalue weighted by Gasteiger charge is 2.09. The summed E-state index contributed by atoms with van der Waals surface area (Å²) < 4.78 is 1.24. The summed E-state index contributed by atoms with van der Waals surface area (Å²) in [4.78, 5) is 2.33. The van der Waals surface area contributed by atoms with Crippen LogP contribution in [0.25, 0.3) is 0 Å². The van der Waals surface area contributed by atoms with Gasteiger partial charge in [0.1, 0.15) is 0 Å². The molecule has 0 spiro atoms. The minimum absolute atomic E-state index is 0.905. The fourth-order valence-electron chi connectivity index (χ4n) is 1.31. The zero-order valence-electron chi connectivity index (χ0n) is 7.60. The van der Waals surface area contributed by atoms with Gasteiger partial charge in [-0.15, -0.1) is 0 Å². The molecule has 0 amide bonds. The molecule has 0 fully saturated rings. The van der Waals surface area contributed by atoms with Gasteiger partial charge in [-0.3, -0.25) is 0 Å². The minimum atomic E-state index is 0.905. The third kappa shape index (κ3) is 2.03. The second-order valence-corrected chi connectivity index (χ2v) is 3.63. The highest BCUT2D eigenvalue weighted by molar-refractivity contribution is 9.11. The van der Waals surface area contributed by atoms with Gasteiger partial charge < -0.3 is 10.2 Å². The lowest BCUT2D eigenvalue weighted by Gasteiger charge is -2.25. The normalized spacial score (nSPS) is 16.2. The van der Waals surface area contributed by atoms with Crippen LogP contribution in [-0.4, -0.2) is 24.5 Å². The van der Waals surface area contributed by atoms with Gasteiger partial charge in [-0.2, -0.15) is 0 Å². The minimum Gasteiger partial charge on any atom is -0.386 e. The summed E-state index contributed by atoms with van der Waals surface area (Å²) in [6, 6.07) is 0. The molecule has 0 bridgehead atoms. The van der Waals surface area contributed by atoms with Crippen LogP contribution in [0.1, 0.15) is 13.8 Å². The van der Waals surface area contributed by atoms with Crippen molar-refractivity contribution in [3.63, 3.8) is 0 Å². The Hall–Kier alpha value is -0.440. The molecule has 2 nitrogen and oxygen atoms in total. The number of hydrogen-bond donors (Lipinski definition) is 1. The van der Waals surface area contributed by atoms with Gasteiger partial charge >= 0.3 is 0 Å². The van der Waals surface area contributed by atoms with Crippen molar-refractivity contribution in [3.8, 4) is 0 Å². The highest BCUT2D eigenvalue weighted by Crippen LogP contribution is 2.18. The van der Waals surface area contributed by atoms with Crippen LogP contribution in [0.3, 0.4) is 0 Å². The lowest BCUT2D eigenvalue weighted by molar-refractivity contribution is 0.390. The second-order valence-electron chi connectivity index (χ2n) is 2.68. The summed E-state index contributed by atoms with van der Waals surface area (Å²) in [5.41, 5.74) is 1.30. The lowest BCUT2D eigenvalue weighted by atomic mass is 10.3. The standard InChI is InChI=1S/C9H15BrN2/c1-3-12(4-2)9-5-6-11-7-8(9)10/h5-6,11H,3-4,7H2,1-2H3. The fourth-order valence-corrected chi connectivity index (χ4v) is 1.85. The smallest absolute Gasteiger partial charge is 0.0501 e. The van der Waals surface area contributed by atoms with E-state index in [-0.39, 0.29) is 0 Å². The van der Waals surface area contributed by atoms with E-state index in [9.17, 15) is 0 Å². The van der Waals surface area contributed by atoms with E-state index in [0.717, 1.165) is 19.6 Å². The topological polar surface area (TPSA) is 15.3 Å². The van der Waals surface area contributed by atoms with Crippen LogP contribution in [-0.2, 0) is 0 Å². The lowest BCUT2D eigenvalue weighted by Crippen LogP contribution is -2.26. The van der Waals surface area contributed by atoms with Gasteiger partial charge in [0.25, 0.3) is 0 Å². The van der Waals surface area contributed by atoms with Gasteiger partial charge in [0.2, 0.25) is 0 Å². The molecule has 0 unspecified atom stereocenters. The molecule has 1 N–H and O–H groups in total. The Kier molecular flexibility index (Phi) is 3.66. The summed E-state index contributed by atoms with van der Waals surface area (Å²) in [7, 11) is 0. The Morgan fingerprint density at radius 2 is 2.17 bits per heavy atom. The van der Waals surface area contributed by atoms with E-state index in [0.29, 0.717) is 0 Å². The van der Waals surface area contributed by atoms with E-state index >= 15 is 0 Å². The molecule has 0 atom stereocenters. The van der Waals surface area contributed by atoms with Crippen molar-refractivity contribution in [1.82, 2.24) is 10.2 Å². The maximum atomic E-state index is 3.56. The van der Waals surface area contributed by atoms with E-state index in [1.165, 1.54) is 10.2 Å². The van der Waals surface area contributed by atoms with Crippen molar-refractivity contribution in [1.29, 1.82) is 0 Å². The number of nitrogens with zero attached hydrogens (tertiary/aromatic N) is 1. The van der Waals surface area contributed by atoms with Crippen molar-refractivity contribution in [3.05, 3.63) is 22.5 Å². The molecule has 0 saturated carbocycles. The molecule has 0 aromatic heterocycles. The average molecular weight is 231 g/mol. The van der Waals surface area contributed by atoms with E-state index in [2.05, 4.69) is 46.1 Å². The van der Waals surface area contributed by atoms with Crippen LogP contribution >= 0.6 is 15.9 Å². The first-order valence-electron chi connectivity index (χ1n) is 4.33. The van der Waals surface area contributed by atoms with Crippen LogP contribution in [0, 0.1) is 0 Å². The molecule has 0 aromatic carbocycles. The maximum Gasteiger partial charge on any atom is 0.0501 e. The summed E-state index contributed by atoms with van der Waals surface area (Å²) >= 11 is 3.56. The second kappa shape index (κ2) is 4.55. The van der Waals surface area contributed by atoms with Gasteiger partial charge in [0.15, 0.2) is 0 Å². The quantitative estimate of drug-likeness (QED) is 0.799. The van der Waals surface area contributed by atoms with Crippen LogP contribution in [0.5, 0.6) is 0 Å². The van der Waals surface area contributed by atoms with Gasteiger partial charge in [-0.1, -0.05) is 15.9 Å². The molecule has 68 valence electrons. The van der Waals surface area contributed by atoms with Crippen molar-refractivity contribution >= 4 is 15.9 Å². The first-order valence-corrected chi connectivity index (χ1v) is 5.12. The number of nitrogens with one attached hydrogen (secondary N) is 1. The van der Waals surface area contributed by atoms with E-state index in [1.807, 2.05) is 6.20 Å². The Morgan fingerprint density at radius 3 is 2.67 bits per heavy atom. The van der Waals surface area contributed by atoms with Crippen LogP contribution in [0.4, 0.5) is 0 Å². The predicted molar refractivity (Wildman–Crippen MR) is 56.0 cm³/mol. The van der Waals surface area contributed by atoms with Crippen molar-refractivity contribution < 1.29 is 0 Å². The Bertz CT molecular complexity index is 205. The SMILES string of the molecule is CCN(CC)C1=C(Br)CNC=C1. The van der Waals surface area contributed by atoms with Crippen molar-refractivity contribution in [2.24, 2.45) is 0 Å². The van der Waals surface area contributed by atoms with Gasteiger partial charge in [0.05, 0.1) is 5.70 Å². The number of rotatable bonds is 3. The number of halogens is 1. The molecule has 1 aliphatic heterocycles. The van der Waals surface area contributed by atoms with Gasteiger partial charge in [-0.05, 0) is 26.1 Å². The zero-order valence-corrected chi connectivity index (χ0v) is 9.19.